The Hall–Kier alpha value is -2.14. The van der Waals surface area contributed by atoms with Crippen molar-refractivity contribution < 1.29 is 19.8 Å². The number of aliphatic hydroxyl groups is 1. The summed E-state index contributed by atoms with van der Waals surface area (Å²) >= 11 is 0. The van der Waals surface area contributed by atoms with Crippen LogP contribution in [-0.4, -0.2) is 33.7 Å². The summed E-state index contributed by atoms with van der Waals surface area (Å²) in [5.41, 5.74) is 1.85. The van der Waals surface area contributed by atoms with E-state index >= 15 is 0 Å². The van der Waals surface area contributed by atoms with Gasteiger partial charge in [0.1, 0.15) is 0 Å². The van der Waals surface area contributed by atoms with Gasteiger partial charge in [-0.2, -0.15) is 0 Å². The van der Waals surface area contributed by atoms with Crippen molar-refractivity contribution in [3.63, 3.8) is 0 Å². The zero-order chi connectivity index (χ0) is 22.4. The van der Waals surface area contributed by atoms with Crippen LogP contribution in [0.15, 0.2) is 24.3 Å². The molecule has 0 aromatic heterocycles. The van der Waals surface area contributed by atoms with Gasteiger partial charge < -0.3 is 15.5 Å². The Bertz CT molecular complexity index is 887. The molecular formula is C26H35NO4. The minimum absolute atomic E-state index is 0.0448. The van der Waals surface area contributed by atoms with E-state index < -0.39 is 17.0 Å². The number of aryl methyl sites for hydroxylation is 1. The maximum Gasteiger partial charge on any atom is 0.303 e. The average Bonchev–Trinajstić information content (AvgIpc) is 2.66. The first-order chi connectivity index (χ1) is 14.6. The highest BCUT2D eigenvalue weighted by Gasteiger charge is 2.55. The number of amides is 1. The van der Waals surface area contributed by atoms with E-state index in [-0.39, 0.29) is 18.4 Å². The van der Waals surface area contributed by atoms with Gasteiger partial charge in [-0.3, -0.25) is 9.59 Å². The fourth-order valence-electron chi connectivity index (χ4n) is 6.38. The molecule has 4 saturated carbocycles. The fourth-order valence-corrected chi connectivity index (χ4v) is 6.38. The first kappa shape index (κ1) is 22.1. The molecule has 4 aliphatic rings. The van der Waals surface area contributed by atoms with Crippen LogP contribution < -0.4 is 5.32 Å². The molecule has 168 valence electrons. The second kappa shape index (κ2) is 8.09. The molecule has 5 atom stereocenters. The molecule has 0 radical (unpaired) electrons. The van der Waals surface area contributed by atoms with Crippen LogP contribution in [0.25, 0.3) is 6.08 Å². The Balaban J connectivity index is 1.48. The maximum absolute atomic E-state index is 13.4. The zero-order valence-corrected chi connectivity index (χ0v) is 18.9. The topological polar surface area (TPSA) is 86.6 Å². The third-order valence-corrected chi connectivity index (χ3v) is 7.76. The number of carbonyl (C=O) groups excluding carboxylic acids is 1. The zero-order valence-electron chi connectivity index (χ0n) is 18.9. The standard InChI is InChI=1S/C26H35NO4/c1-16-8-17(6-4-5-7-22(28)29)12-21(9-16)25(2,3)24(30)27-23-19-10-18-11-20(23)15-26(31,13-18)14-19/h4,6,8-9,12,18-20,23,31H,5,7,10-11,13-15H2,1-3H3,(H,27,30)(H,28,29)/b6-4+/t18?,19-,20+,23?,26?. The summed E-state index contributed by atoms with van der Waals surface area (Å²) in [6.45, 7) is 5.96. The van der Waals surface area contributed by atoms with Crippen LogP contribution in [0.4, 0.5) is 0 Å². The molecule has 4 bridgehead atoms. The van der Waals surface area contributed by atoms with E-state index in [4.69, 9.17) is 5.11 Å². The number of nitrogens with one attached hydrogen (secondary N) is 1. The van der Waals surface area contributed by atoms with Gasteiger partial charge in [-0.1, -0.05) is 35.9 Å². The molecule has 31 heavy (non-hydrogen) atoms. The van der Waals surface area contributed by atoms with Crippen molar-refractivity contribution in [1.82, 2.24) is 5.32 Å². The van der Waals surface area contributed by atoms with Gasteiger partial charge in [-0.05, 0) is 88.2 Å². The lowest BCUT2D eigenvalue weighted by molar-refractivity contribution is -0.148. The van der Waals surface area contributed by atoms with Gasteiger partial charge >= 0.3 is 5.97 Å². The molecule has 1 aromatic rings. The molecule has 0 heterocycles. The monoisotopic (exact) mass is 425 g/mol. The smallest absolute Gasteiger partial charge is 0.303 e. The third-order valence-electron chi connectivity index (χ3n) is 7.76. The number of carbonyl (C=O) groups is 2. The number of carboxylic acid groups (broad SMARTS) is 1. The van der Waals surface area contributed by atoms with Gasteiger partial charge in [0.25, 0.3) is 0 Å². The molecule has 5 nitrogen and oxygen atoms in total. The quantitative estimate of drug-likeness (QED) is 0.611. The fraction of sp³-hybridized carbons (Fsp3) is 0.615. The van der Waals surface area contributed by atoms with Crippen molar-refractivity contribution in [3.05, 3.63) is 41.0 Å². The molecule has 0 spiro atoms. The minimum Gasteiger partial charge on any atom is -0.481 e. The summed E-state index contributed by atoms with van der Waals surface area (Å²) in [5, 5.41) is 23.0. The van der Waals surface area contributed by atoms with E-state index in [1.54, 1.807) is 0 Å². The summed E-state index contributed by atoms with van der Waals surface area (Å²) in [6.07, 6.45) is 9.24. The van der Waals surface area contributed by atoms with E-state index in [9.17, 15) is 14.7 Å². The lowest BCUT2D eigenvalue weighted by atomic mass is 9.52. The van der Waals surface area contributed by atoms with Crippen molar-refractivity contribution in [3.8, 4) is 0 Å². The summed E-state index contributed by atoms with van der Waals surface area (Å²) in [7, 11) is 0. The molecule has 5 heteroatoms. The summed E-state index contributed by atoms with van der Waals surface area (Å²) in [4.78, 5) is 24.1. The summed E-state index contributed by atoms with van der Waals surface area (Å²) in [5.74, 6) is 0.644. The van der Waals surface area contributed by atoms with Gasteiger partial charge in [0, 0.05) is 12.5 Å². The summed E-state index contributed by atoms with van der Waals surface area (Å²) in [6, 6.07) is 6.31. The number of rotatable bonds is 7. The van der Waals surface area contributed by atoms with Crippen LogP contribution in [0.3, 0.4) is 0 Å². The SMILES string of the molecule is Cc1cc(/C=C/CCC(=O)O)cc(C(C)(C)C(=O)NC2[C@@H]3CC4C[C@H]2CC(O)(C4)C3)c1. The predicted molar refractivity (Wildman–Crippen MR) is 121 cm³/mol. The molecule has 0 saturated heterocycles. The highest BCUT2D eigenvalue weighted by Crippen LogP contribution is 2.55. The molecule has 4 fully saturated rings. The van der Waals surface area contributed by atoms with E-state index in [0.717, 1.165) is 48.8 Å². The second-order valence-electron chi connectivity index (χ2n) is 10.8. The number of aliphatic carboxylic acids is 1. The third kappa shape index (κ3) is 4.57. The maximum atomic E-state index is 13.4. The first-order valence-electron chi connectivity index (χ1n) is 11.6. The Labute approximate surface area is 184 Å². The Morgan fingerprint density at radius 1 is 1.16 bits per heavy atom. The molecule has 0 aliphatic heterocycles. The normalized spacial score (nSPS) is 31.9. The van der Waals surface area contributed by atoms with Crippen LogP contribution in [0.2, 0.25) is 0 Å². The van der Waals surface area contributed by atoms with E-state index in [1.165, 1.54) is 0 Å². The van der Waals surface area contributed by atoms with Crippen LogP contribution in [0.1, 0.15) is 75.5 Å². The largest absolute Gasteiger partial charge is 0.481 e. The number of carboxylic acids is 1. The van der Waals surface area contributed by atoms with Crippen LogP contribution >= 0.6 is 0 Å². The molecule has 1 aromatic carbocycles. The molecule has 1 amide bonds. The average molecular weight is 426 g/mol. The summed E-state index contributed by atoms with van der Waals surface area (Å²) < 4.78 is 0. The second-order valence-corrected chi connectivity index (χ2v) is 10.8. The van der Waals surface area contributed by atoms with Gasteiger partial charge in [-0.15, -0.1) is 0 Å². The molecule has 3 unspecified atom stereocenters. The van der Waals surface area contributed by atoms with E-state index in [0.29, 0.717) is 24.2 Å². The van der Waals surface area contributed by atoms with Gasteiger partial charge in [-0.25, -0.2) is 0 Å². The first-order valence-corrected chi connectivity index (χ1v) is 11.6. The number of hydrogen-bond donors (Lipinski definition) is 3. The number of benzene rings is 1. The van der Waals surface area contributed by atoms with Gasteiger partial charge in [0.05, 0.1) is 11.0 Å². The van der Waals surface area contributed by atoms with Crippen LogP contribution in [0.5, 0.6) is 0 Å². The lowest BCUT2D eigenvalue weighted by Crippen LogP contribution is -2.62. The number of allylic oxidation sites excluding steroid dienone is 1. The Morgan fingerprint density at radius 3 is 2.45 bits per heavy atom. The van der Waals surface area contributed by atoms with Crippen molar-refractivity contribution in [1.29, 1.82) is 0 Å². The van der Waals surface area contributed by atoms with Crippen molar-refractivity contribution in [2.24, 2.45) is 17.8 Å². The molecule has 3 N–H and O–H groups in total. The predicted octanol–water partition coefficient (Wildman–Crippen LogP) is 4.21. The van der Waals surface area contributed by atoms with E-state index in [2.05, 4.69) is 11.4 Å². The highest BCUT2D eigenvalue weighted by molar-refractivity contribution is 5.88. The highest BCUT2D eigenvalue weighted by atomic mass is 16.4. The van der Waals surface area contributed by atoms with Gasteiger partial charge in [0.2, 0.25) is 5.91 Å². The molecule has 5 rings (SSSR count). The Kier molecular flexibility index (Phi) is 5.76. The van der Waals surface area contributed by atoms with Crippen molar-refractivity contribution in [2.75, 3.05) is 0 Å². The van der Waals surface area contributed by atoms with Gasteiger partial charge in [0.15, 0.2) is 0 Å². The molecular weight excluding hydrogens is 390 g/mol. The van der Waals surface area contributed by atoms with Crippen molar-refractivity contribution >= 4 is 18.0 Å². The Morgan fingerprint density at radius 2 is 1.84 bits per heavy atom. The minimum atomic E-state index is -0.802. The molecule has 4 aliphatic carbocycles. The van der Waals surface area contributed by atoms with Crippen molar-refractivity contribution in [2.45, 2.75) is 82.8 Å². The number of hydrogen-bond acceptors (Lipinski definition) is 3. The van der Waals surface area contributed by atoms with Crippen LogP contribution in [0, 0.1) is 24.7 Å². The van der Waals surface area contributed by atoms with E-state index in [1.807, 2.05) is 45.1 Å². The lowest BCUT2D eigenvalue weighted by Gasteiger charge is -2.58. The van der Waals surface area contributed by atoms with Crippen LogP contribution in [-0.2, 0) is 15.0 Å².